The summed E-state index contributed by atoms with van der Waals surface area (Å²) in [6.45, 7) is -0.154. The first-order chi connectivity index (χ1) is 15.8. The summed E-state index contributed by atoms with van der Waals surface area (Å²) in [5.74, 6) is -0.351. The molecule has 0 aromatic heterocycles. The fraction of sp³-hybridized carbons (Fsp3) is 0.208. The lowest BCUT2D eigenvalue weighted by atomic mass is 10.2. The fourth-order valence-corrected chi connectivity index (χ4v) is 4.65. The summed E-state index contributed by atoms with van der Waals surface area (Å²) in [5.41, 5.74) is 1.07. The van der Waals surface area contributed by atoms with Crippen LogP contribution < -0.4 is 13.8 Å². The number of hydrogen-bond donors (Lipinski definition) is 0. The molecule has 0 spiro atoms. The number of ether oxygens (including phenoxy) is 2. The molecule has 0 aliphatic heterocycles. The molecular weight excluding hydrogens is 447 g/mol. The first-order valence-corrected chi connectivity index (χ1v) is 11.5. The minimum absolute atomic E-state index is 0.0945. The van der Waals surface area contributed by atoms with E-state index in [1.807, 2.05) is 30.3 Å². The predicted octanol–water partition coefficient (Wildman–Crippen LogP) is 3.70. The van der Waals surface area contributed by atoms with E-state index in [0.717, 1.165) is 22.0 Å². The average molecular weight is 473 g/mol. The highest BCUT2D eigenvalue weighted by Crippen LogP contribution is 2.32. The Labute approximate surface area is 193 Å². The molecule has 0 unspecified atom stereocenters. The summed E-state index contributed by atoms with van der Waals surface area (Å²) in [6.07, 6.45) is 0. The SMILES string of the molecule is COc1ccc(S(=O)(=O)N(CC(=O)N(C)Cc2ccccc2)c2ccc(F)cc2)cc1OC. The molecule has 0 bridgehead atoms. The first-order valence-electron chi connectivity index (χ1n) is 10.0. The summed E-state index contributed by atoms with van der Waals surface area (Å²) in [6, 6.07) is 18.4. The minimum atomic E-state index is -4.20. The van der Waals surface area contributed by atoms with Crippen molar-refractivity contribution in [2.24, 2.45) is 0 Å². The van der Waals surface area contributed by atoms with Gasteiger partial charge in [0.2, 0.25) is 5.91 Å². The van der Waals surface area contributed by atoms with Crippen molar-refractivity contribution in [3.8, 4) is 11.5 Å². The fourth-order valence-electron chi connectivity index (χ4n) is 3.22. The number of nitrogens with zero attached hydrogens (tertiary/aromatic N) is 2. The summed E-state index contributed by atoms with van der Waals surface area (Å²) in [4.78, 5) is 14.3. The highest BCUT2D eigenvalue weighted by molar-refractivity contribution is 7.92. The number of halogens is 1. The van der Waals surface area contributed by atoms with Crippen molar-refractivity contribution in [1.82, 2.24) is 4.90 Å². The maximum atomic E-state index is 13.6. The van der Waals surface area contributed by atoms with Crippen molar-refractivity contribution in [1.29, 1.82) is 0 Å². The zero-order valence-electron chi connectivity index (χ0n) is 18.6. The number of carbonyl (C=O) groups is 1. The Bertz CT molecular complexity index is 1200. The van der Waals surface area contributed by atoms with Gasteiger partial charge in [-0.25, -0.2) is 12.8 Å². The smallest absolute Gasteiger partial charge is 0.264 e. The van der Waals surface area contributed by atoms with Crippen LogP contribution in [0, 0.1) is 5.82 Å². The van der Waals surface area contributed by atoms with E-state index < -0.39 is 28.3 Å². The summed E-state index contributed by atoms with van der Waals surface area (Å²) < 4.78 is 52.0. The van der Waals surface area contributed by atoms with Crippen LogP contribution in [0.25, 0.3) is 0 Å². The minimum Gasteiger partial charge on any atom is -0.493 e. The number of anilines is 1. The zero-order valence-corrected chi connectivity index (χ0v) is 19.4. The van der Waals surface area contributed by atoms with Crippen LogP contribution in [0.3, 0.4) is 0 Å². The van der Waals surface area contributed by atoms with Crippen LogP contribution in [-0.4, -0.2) is 47.0 Å². The molecule has 0 N–H and O–H groups in total. The maximum Gasteiger partial charge on any atom is 0.264 e. The second-order valence-corrected chi connectivity index (χ2v) is 9.10. The van der Waals surface area contributed by atoms with Gasteiger partial charge in [-0.1, -0.05) is 30.3 Å². The number of methoxy groups -OCH3 is 2. The summed E-state index contributed by atoms with van der Waals surface area (Å²) in [7, 11) is 0.240. The van der Waals surface area contributed by atoms with E-state index in [4.69, 9.17) is 9.47 Å². The Balaban J connectivity index is 1.96. The molecule has 0 aliphatic carbocycles. The van der Waals surface area contributed by atoms with E-state index in [1.165, 1.54) is 49.5 Å². The lowest BCUT2D eigenvalue weighted by Crippen LogP contribution is -2.41. The van der Waals surface area contributed by atoms with Crippen molar-refractivity contribution in [2.45, 2.75) is 11.4 Å². The van der Waals surface area contributed by atoms with E-state index in [2.05, 4.69) is 0 Å². The topological polar surface area (TPSA) is 76.2 Å². The molecule has 0 radical (unpaired) electrons. The molecule has 3 aromatic carbocycles. The van der Waals surface area contributed by atoms with Gasteiger partial charge in [-0.05, 0) is 42.0 Å². The maximum absolute atomic E-state index is 13.6. The molecule has 0 aliphatic rings. The van der Waals surface area contributed by atoms with Crippen LogP contribution in [0.5, 0.6) is 11.5 Å². The molecule has 0 heterocycles. The third kappa shape index (κ3) is 5.61. The van der Waals surface area contributed by atoms with Gasteiger partial charge in [-0.3, -0.25) is 9.10 Å². The quantitative estimate of drug-likeness (QED) is 0.475. The van der Waals surface area contributed by atoms with Crippen molar-refractivity contribution in [3.63, 3.8) is 0 Å². The molecule has 3 aromatic rings. The Morgan fingerprint density at radius 1 is 0.909 bits per heavy atom. The third-order valence-electron chi connectivity index (χ3n) is 5.02. The number of sulfonamides is 1. The number of carbonyl (C=O) groups excluding carboxylic acids is 1. The number of hydrogen-bond acceptors (Lipinski definition) is 5. The zero-order chi connectivity index (χ0) is 24.0. The molecule has 9 heteroatoms. The van der Waals surface area contributed by atoms with E-state index in [0.29, 0.717) is 12.3 Å². The van der Waals surface area contributed by atoms with Crippen LogP contribution in [-0.2, 0) is 21.4 Å². The first kappa shape index (κ1) is 24.1. The Morgan fingerprint density at radius 2 is 1.55 bits per heavy atom. The number of likely N-dealkylation sites (N-methyl/N-ethyl adjacent to an activating group) is 1. The summed E-state index contributed by atoms with van der Waals surface area (Å²) >= 11 is 0. The molecule has 1 amide bonds. The second kappa shape index (κ2) is 10.4. The second-order valence-electron chi connectivity index (χ2n) is 7.24. The van der Waals surface area contributed by atoms with Crippen molar-refractivity contribution >= 4 is 21.6 Å². The van der Waals surface area contributed by atoms with Crippen molar-refractivity contribution in [3.05, 3.63) is 84.2 Å². The molecule has 0 saturated heterocycles. The van der Waals surface area contributed by atoms with Crippen LogP contribution in [0.1, 0.15) is 5.56 Å². The van der Waals surface area contributed by atoms with Gasteiger partial charge < -0.3 is 14.4 Å². The van der Waals surface area contributed by atoms with Crippen molar-refractivity contribution < 1.29 is 27.1 Å². The van der Waals surface area contributed by atoms with E-state index in [9.17, 15) is 17.6 Å². The van der Waals surface area contributed by atoms with Gasteiger partial charge in [0.15, 0.2) is 11.5 Å². The van der Waals surface area contributed by atoms with E-state index in [-0.39, 0.29) is 16.3 Å². The molecule has 0 fully saturated rings. The molecular formula is C24H25FN2O5S. The van der Waals surface area contributed by atoms with Crippen molar-refractivity contribution in [2.75, 3.05) is 32.1 Å². The lowest BCUT2D eigenvalue weighted by Gasteiger charge is -2.27. The predicted molar refractivity (Wildman–Crippen MR) is 123 cm³/mol. The molecule has 3 rings (SSSR count). The van der Waals surface area contributed by atoms with Gasteiger partial charge in [0.05, 0.1) is 24.8 Å². The molecule has 7 nitrogen and oxygen atoms in total. The summed E-state index contributed by atoms with van der Waals surface area (Å²) in [5, 5.41) is 0. The molecule has 0 atom stereocenters. The van der Waals surface area contributed by atoms with Crippen LogP contribution >= 0.6 is 0 Å². The normalized spacial score (nSPS) is 11.0. The Hall–Kier alpha value is -3.59. The average Bonchev–Trinajstić information content (AvgIpc) is 2.83. The highest BCUT2D eigenvalue weighted by atomic mass is 32.2. The largest absolute Gasteiger partial charge is 0.493 e. The third-order valence-corrected chi connectivity index (χ3v) is 6.79. The number of rotatable bonds is 9. The van der Waals surface area contributed by atoms with Gasteiger partial charge >= 0.3 is 0 Å². The highest BCUT2D eigenvalue weighted by Gasteiger charge is 2.29. The monoisotopic (exact) mass is 472 g/mol. The lowest BCUT2D eigenvalue weighted by molar-refractivity contribution is -0.128. The molecule has 0 saturated carbocycles. The molecule has 174 valence electrons. The van der Waals surface area contributed by atoms with Gasteiger partial charge in [0.1, 0.15) is 12.4 Å². The Kier molecular flexibility index (Phi) is 7.55. The van der Waals surface area contributed by atoms with E-state index in [1.54, 1.807) is 7.05 Å². The standard InChI is InChI=1S/C24H25FN2O5S/c1-26(16-18-7-5-4-6-8-18)24(28)17-27(20-11-9-19(25)10-12-20)33(29,30)21-13-14-22(31-2)23(15-21)32-3/h4-15H,16-17H2,1-3H3. The number of amides is 1. The van der Waals surface area contributed by atoms with Gasteiger partial charge in [0.25, 0.3) is 10.0 Å². The number of benzene rings is 3. The van der Waals surface area contributed by atoms with Gasteiger partial charge in [-0.15, -0.1) is 0 Å². The van der Waals surface area contributed by atoms with Crippen LogP contribution in [0.4, 0.5) is 10.1 Å². The van der Waals surface area contributed by atoms with Crippen LogP contribution in [0.15, 0.2) is 77.7 Å². The van der Waals surface area contributed by atoms with E-state index >= 15 is 0 Å². The molecule has 33 heavy (non-hydrogen) atoms. The van der Waals surface area contributed by atoms with Gasteiger partial charge in [-0.2, -0.15) is 0 Å². The van der Waals surface area contributed by atoms with Crippen LogP contribution in [0.2, 0.25) is 0 Å². The Morgan fingerprint density at radius 3 is 2.15 bits per heavy atom. The van der Waals surface area contributed by atoms with Gasteiger partial charge in [0, 0.05) is 19.7 Å².